The zero-order chi connectivity index (χ0) is 37.2. The Kier molecular flexibility index (Phi) is 11.3. The van der Waals surface area contributed by atoms with E-state index in [4.69, 9.17) is 45.1 Å². The van der Waals surface area contributed by atoms with Gasteiger partial charge < -0.3 is 19.4 Å². The van der Waals surface area contributed by atoms with Gasteiger partial charge in [0.15, 0.2) is 0 Å². The lowest BCUT2D eigenvalue weighted by molar-refractivity contribution is -0.127. The molecule has 7 nitrogen and oxygen atoms in total. The van der Waals surface area contributed by atoms with Crippen molar-refractivity contribution in [1.29, 1.82) is 0 Å². The highest BCUT2D eigenvalue weighted by Gasteiger charge is 2.44. The van der Waals surface area contributed by atoms with Gasteiger partial charge in [0, 0.05) is 48.2 Å². The van der Waals surface area contributed by atoms with Crippen molar-refractivity contribution in [3.05, 3.63) is 80.7 Å². The van der Waals surface area contributed by atoms with Gasteiger partial charge in [-0.1, -0.05) is 82.8 Å². The van der Waals surface area contributed by atoms with Crippen LogP contribution in [-0.2, 0) is 27.8 Å². The largest absolute Gasteiger partial charge is 0.530 e. The summed E-state index contributed by atoms with van der Waals surface area (Å²) < 4.78 is 34.4. The molecular formula is C38H46Cl2FN3O4Si. The summed E-state index contributed by atoms with van der Waals surface area (Å²) in [5.74, 6) is 1.94. The number of rotatable bonds is 12. The van der Waals surface area contributed by atoms with Crippen molar-refractivity contribution >= 4 is 49.0 Å². The van der Waals surface area contributed by atoms with Gasteiger partial charge in [0.05, 0.1) is 11.4 Å². The number of halogens is 3. The molecule has 4 rings (SSSR count). The van der Waals surface area contributed by atoms with Gasteiger partial charge in [0.1, 0.15) is 24.2 Å². The molecular weight excluding hydrogens is 680 g/mol. The SMILES string of the molecule is [2H][C@@H](CC)C(=O)N[C@@H](Cc1c(Cl)cc(OCC#C)cc1Cl)C(=O)N1CC(C)(C)c2nc(O[Si](C)(C)C(C)(C)C)c(Cc3ccc(F)cc3)cc21. The normalized spacial score (nSPS) is 15.5. The highest BCUT2D eigenvalue weighted by atomic mass is 35.5. The third kappa shape index (κ3) is 8.96. The molecule has 2 aromatic carbocycles. The molecule has 0 unspecified atom stereocenters. The van der Waals surface area contributed by atoms with Crippen LogP contribution in [0.15, 0.2) is 42.5 Å². The Labute approximate surface area is 302 Å². The predicted octanol–water partition coefficient (Wildman–Crippen LogP) is 8.67. The summed E-state index contributed by atoms with van der Waals surface area (Å²) in [5.41, 5.74) is 2.74. The van der Waals surface area contributed by atoms with Crippen LogP contribution in [0.1, 0.15) is 78.1 Å². The van der Waals surface area contributed by atoms with E-state index in [1.54, 1.807) is 36.1 Å². The predicted molar refractivity (Wildman–Crippen MR) is 198 cm³/mol. The van der Waals surface area contributed by atoms with Crippen LogP contribution in [0.5, 0.6) is 11.6 Å². The average molecular weight is 728 g/mol. The Balaban J connectivity index is 1.81. The molecule has 0 saturated heterocycles. The van der Waals surface area contributed by atoms with Gasteiger partial charge in [-0.15, -0.1) is 6.42 Å². The van der Waals surface area contributed by atoms with Crippen LogP contribution in [-0.4, -0.2) is 44.3 Å². The third-order valence-corrected chi connectivity index (χ3v) is 14.1. The minimum absolute atomic E-state index is 0.0229. The van der Waals surface area contributed by atoms with Gasteiger partial charge in [-0.2, -0.15) is 0 Å². The molecule has 262 valence electrons. The van der Waals surface area contributed by atoms with Crippen molar-refractivity contribution in [2.75, 3.05) is 18.1 Å². The molecule has 2 heterocycles. The Morgan fingerprint density at radius 3 is 2.39 bits per heavy atom. The first kappa shape index (κ1) is 36.7. The number of carbonyl (C=O) groups excluding carboxylic acids is 2. The molecule has 0 radical (unpaired) electrons. The van der Waals surface area contributed by atoms with Crippen molar-refractivity contribution in [2.45, 2.75) is 96.8 Å². The first-order valence-corrected chi connectivity index (χ1v) is 20.0. The van der Waals surface area contributed by atoms with E-state index in [0.29, 0.717) is 35.0 Å². The first-order chi connectivity index (χ1) is 23.3. The lowest BCUT2D eigenvalue weighted by Crippen LogP contribution is -2.50. The van der Waals surface area contributed by atoms with Crippen LogP contribution in [0.4, 0.5) is 10.1 Å². The average Bonchev–Trinajstić information content (AvgIpc) is 3.29. The number of nitrogens with one attached hydrogen (secondary N) is 1. The fourth-order valence-corrected chi connectivity index (χ4v) is 6.99. The van der Waals surface area contributed by atoms with Crippen LogP contribution >= 0.6 is 23.2 Å². The van der Waals surface area contributed by atoms with Gasteiger partial charge in [0.25, 0.3) is 8.32 Å². The number of hydrogen-bond acceptors (Lipinski definition) is 5. The molecule has 1 aliphatic heterocycles. The molecule has 1 N–H and O–H groups in total. The van der Waals surface area contributed by atoms with Gasteiger partial charge >= 0.3 is 0 Å². The monoisotopic (exact) mass is 726 g/mol. The van der Waals surface area contributed by atoms with Crippen LogP contribution < -0.4 is 19.4 Å². The minimum Gasteiger partial charge on any atom is -0.530 e. The molecule has 1 aromatic heterocycles. The molecule has 2 amide bonds. The molecule has 0 saturated carbocycles. The summed E-state index contributed by atoms with van der Waals surface area (Å²) in [4.78, 5) is 34.5. The Morgan fingerprint density at radius 2 is 1.82 bits per heavy atom. The second kappa shape index (κ2) is 15.1. The second-order valence-corrected chi connectivity index (χ2v) is 20.1. The lowest BCUT2D eigenvalue weighted by atomic mass is 9.91. The number of anilines is 1. The number of terminal acetylenes is 1. The summed E-state index contributed by atoms with van der Waals surface area (Å²) in [6.07, 6.45) is 4.87. The summed E-state index contributed by atoms with van der Waals surface area (Å²) in [6.45, 7) is 16.8. The smallest absolute Gasteiger partial charge is 0.252 e. The Bertz CT molecular complexity index is 1770. The summed E-state index contributed by atoms with van der Waals surface area (Å²) in [6, 6.07) is 10.2. The van der Waals surface area contributed by atoms with Crippen molar-refractivity contribution in [3.8, 4) is 24.0 Å². The molecule has 11 heteroatoms. The maximum absolute atomic E-state index is 14.7. The summed E-state index contributed by atoms with van der Waals surface area (Å²) in [5, 5.41) is 3.19. The molecule has 0 bridgehead atoms. The maximum atomic E-state index is 14.7. The van der Waals surface area contributed by atoms with E-state index >= 15 is 0 Å². The van der Waals surface area contributed by atoms with E-state index in [9.17, 15) is 14.0 Å². The molecule has 2 atom stereocenters. The zero-order valence-corrected chi connectivity index (χ0v) is 32.0. The quantitative estimate of drug-likeness (QED) is 0.149. The van der Waals surface area contributed by atoms with E-state index in [2.05, 4.69) is 45.1 Å². The second-order valence-electron chi connectivity index (χ2n) is 14.5. The standard InChI is InChI=1S/C38H46Cl2FN3O4Si/c1-10-12-33(45)42-31(22-28-29(39)20-27(21-30(28)40)47-17-11-2)36(46)44-23-38(6,7)34-32(44)19-25(18-24-13-15-26(41)16-14-24)35(43-34)48-49(8,9)37(3,4)5/h2,13-16,19-21,31H,10,12,17-18,22-23H2,1,3-9H3,(H,42,45)/t31-/m0/s1/i12D/t12-,31-. The molecule has 1 aliphatic rings. The van der Waals surface area contributed by atoms with Crippen molar-refractivity contribution < 1.29 is 24.5 Å². The Morgan fingerprint density at radius 1 is 1.18 bits per heavy atom. The van der Waals surface area contributed by atoms with Gasteiger partial charge in [-0.05, 0) is 66.0 Å². The number of fused-ring (bicyclic) bond motifs is 1. The summed E-state index contributed by atoms with van der Waals surface area (Å²) >= 11 is 13.3. The number of aromatic nitrogens is 1. The van der Waals surface area contributed by atoms with E-state index in [1.165, 1.54) is 12.1 Å². The van der Waals surface area contributed by atoms with Gasteiger partial charge in [0.2, 0.25) is 17.7 Å². The maximum Gasteiger partial charge on any atom is 0.252 e. The summed E-state index contributed by atoms with van der Waals surface area (Å²) in [7, 11) is -2.35. The fraction of sp³-hybridized carbons (Fsp3) is 0.447. The zero-order valence-electron chi connectivity index (χ0n) is 30.5. The van der Waals surface area contributed by atoms with Crippen LogP contribution in [0.25, 0.3) is 0 Å². The molecule has 3 aromatic rings. The number of amides is 2. The van der Waals surface area contributed by atoms with Gasteiger partial charge in [-0.3, -0.25) is 9.59 Å². The van der Waals surface area contributed by atoms with Crippen molar-refractivity contribution in [3.63, 3.8) is 0 Å². The number of carbonyl (C=O) groups is 2. The van der Waals surface area contributed by atoms with Crippen LogP contribution in [0, 0.1) is 18.2 Å². The van der Waals surface area contributed by atoms with E-state index < -0.39 is 38.0 Å². The van der Waals surface area contributed by atoms with Crippen molar-refractivity contribution in [2.24, 2.45) is 0 Å². The number of hydrogen-bond donors (Lipinski definition) is 1. The molecule has 0 spiro atoms. The first-order valence-electron chi connectivity index (χ1n) is 16.9. The number of ether oxygens (including phenoxy) is 1. The number of benzene rings is 2. The third-order valence-electron chi connectivity index (χ3n) is 9.11. The number of nitrogens with zero attached hydrogens (tertiary/aromatic N) is 2. The van der Waals surface area contributed by atoms with E-state index in [0.717, 1.165) is 11.1 Å². The lowest BCUT2D eigenvalue weighted by Gasteiger charge is -2.36. The highest BCUT2D eigenvalue weighted by molar-refractivity contribution is 6.74. The molecule has 0 fully saturated rings. The Hall–Kier alpha value is -3.58. The highest BCUT2D eigenvalue weighted by Crippen LogP contribution is 2.45. The fourth-order valence-electron chi connectivity index (χ4n) is 5.40. The van der Waals surface area contributed by atoms with Crippen LogP contribution in [0.2, 0.25) is 28.2 Å². The van der Waals surface area contributed by atoms with E-state index in [1.807, 2.05) is 19.9 Å². The van der Waals surface area contributed by atoms with E-state index in [-0.39, 0.29) is 46.9 Å². The van der Waals surface area contributed by atoms with Crippen molar-refractivity contribution in [1.82, 2.24) is 10.3 Å². The minimum atomic E-state index is -2.35. The number of pyridine rings is 1. The molecule has 0 aliphatic carbocycles. The topological polar surface area (TPSA) is 80.8 Å². The van der Waals surface area contributed by atoms with Crippen LogP contribution in [0.3, 0.4) is 0 Å². The molecule has 49 heavy (non-hydrogen) atoms. The van der Waals surface area contributed by atoms with Gasteiger partial charge in [-0.25, -0.2) is 9.37 Å².